The number of carbonyl (C=O) groups excluding carboxylic acids is 3. The Kier molecular flexibility index (Phi) is 8.83. The van der Waals surface area contributed by atoms with E-state index in [2.05, 4.69) is 33.9 Å². The number of aliphatic hydroxyl groups is 1. The predicted molar refractivity (Wildman–Crippen MR) is 163 cm³/mol. The first-order valence-electron chi connectivity index (χ1n) is 15.1. The average Bonchev–Trinajstić information content (AvgIpc) is 3.46. The number of ether oxygens (including phenoxy) is 1. The van der Waals surface area contributed by atoms with Crippen LogP contribution in [0.5, 0.6) is 0 Å². The molecule has 1 N–H and O–H groups in total. The molecule has 2 unspecified atom stereocenters. The van der Waals surface area contributed by atoms with Crippen LogP contribution in [0.15, 0.2) is 55.6 Å². The molecule has 0 saturated carbocycles. The fourth-order valence-corrected chi connectivity index (χ4v) is 8.12. The average molecular weight is 580 g/mol. The first-order chi connectivity index (χ1) is 19.7. The van der Waals surface area contributed by atoms with Gasteiger partial charge in [0.1, 0.15) is 11.6 Å². The number of benzene rings is 1. The lowest BCUT2D eigenvalue weighted by atomic mass is 9.66. The van der Waals surface area contributed by atoms with Crippen molar-refractivity contribution in [2.45, 2.75) is 90.1 Å². The van der Waals surface area contributed by atoms with Crippen LogP contribution in [-0.4, -0.2) is 86.6 Å². The normalized spacial score (nSPS) is 28.5. The highest BCUT2D eigenvalue weighted by Gasteiger charge is 2.78. The molecule has 3 aliphatic rings. The van der Waals surface area contributed by atoms with Gasteiger partial charge in [0.25, 0.3) is 0 Å². The lowest BCUT2D eigenvalue weighted by molar-refractivity contribution is -0.157. The minimum Gasteiger partial charge on any atom is -0.395 e. The number of likely N-dealkylation sites (tertiary alicyclic amines) is 1. The molecule has 2 bridgehead atoms. The molecule has 3 fully saturated rings. The zero-order chi connectivity index (χ0) is 31.1. The van der Waals surface area contributed by atoms with E-state index < -0.39 is 34.6 Å². The molecule has 0 aromatic heterocycles. The molecule has 3 saturated heterocycles. The molecule has 230 valence electrons. The fourth-order valence-electron chi connectivity index (χ4n) is 8.12. The van der Waals surface area contributed by atoms with Gasteiger partial charge in [0.15, 0.2) is 0 Å². The summed E-state index contributed by atoms with van der Waals surface area (Å²) in [5, 5.41) is 10.0. The molecule has 3 aliphatic heterocycles. The smallest absolute Gasteiger partial charge is 0.249 e. The van der Waals surface area contributed by atoms with E-state index in [1.807, 2.05) is 51.1 Å². The first-order valence-corrected chi connectivity index (χ1v) is 15.1. The van der Waals surface area contributed by atoms with E-state index in [0.717, 1.165) is 12.0 Å². The summed E-state index contributed by atoms with van der Waals surface area (Å²) >= 11 is 0. The SMILES string of the molecule is C=CCN(Cc1ccccc1)C(=O)[C@H]1[C@H]2C(=O)N(CCO)C(C(=O)N(CC=C)C(C)(C)CC(C)(C)C)C23CC[C@]1(C)O3. The molecule has 5 atom stereocenters. The summed E-state index contributed by atoms with van der Waals surface area (Å²) in [5.74, 6) is -2.26. The third kappa shape index (κ3) is 5.55. The number of β-amino-alcohol motifs (C(OH)–C–C–N with tert-alkyl or cyclic N) is 1. The number of hydrogen-bond donors (Lipinski definition) is 1. The van der Waals surface area contributed by atoms with Crippen LogP contribution in [0, 0.1) is 17.3 Å². The molecule has 42 heavy (non-hydrogen) atoms. The quantitative estimate of drug-likeness (QED) is 0.375. The maximum atomic E-state index is 14.7. The van der Waals surface area contributed by atoms with Gasteiger partial charge < -0.3 is 24.5 Å². The third-order valence-electron chi connectivity index (χ3n) is 9.27. The second-order valence-corrected chi connectivity index (χ2v) is 14.3. The number of amides is 3. The minimum atomic E-state index is -1.15. The summed E-state index contributed by atoms with van der Waals surface area (Å²) in [6.07, 6.45) is 5.18. The molecule has 3 amide bonds. The van der Waals surface area contributed by atoms with Crippen molar-refractivity contribution in [2.24, 2.45) is 17.3 Å². The van der Waals surface area contributed by atoms with Gasteiger partial charge in [-0.2, -0.15) is 0 Å². The maximum Gasteiger partial charge on any atom is 0.249 e. The summed E-state index contributed by atoms with van der Waals surface area (Å²) in [6, 6.07) is 8.79. The molecular formula is C34H49N3O5. The summed E-state index contributed by atoms with van der Waals surface area (Å²) in [4.78, 5) is 48.4. The number of hydrogen-bond acceptors (Lipinski definition) is 5. The van der Waals surface area contributed by atoms with Gasteiger partial charge in [-0.15, -0.1) is 13.2 Å². The van der Waals surface area contributed by atoms with Crippen LogP contribution in [-0.2, 0) is 25.7 Å². The molecule has 8 nitrogen and oxygen atoms in total. The molecule has 1 aromatic carbocycles. The Morgan fingerprint density at radius 3 is 2.29 bits per heavy atom. The highest BCUT2D eigenvalue weighted by molar-refractivity contribution is 5.99. The first kappa shape index (κ1) is 32.0. The van der Waals surface area contributed by atoms with Crippen molar-refractivity contribution in [1.82, 2.24) is 14.7 Å². The van der Waals surface area contributed by atoms with Crippen molar-refractivity contribution in [3.8, 4) is 0 Å². The van der Waals surface area contributed by atoms with Crippen molar-refractivity contribution in [1.29, 1.82) is 0 Å². The van der Waals surface area contributed by atoms with E-state index in [9.17, 15) is 19.5 Å². The van der Waals surface area contributed by atoms with E-state index in [1.165, 1.54) is 4.90 Å². The monoisotopic (exact) mass is 579 g/mol. The van der Waals surface area contributed by atoms with Crippen LogP contribution in [0.25, 0.3) is 0 Å². The summed E-state index contributed by atoms with van der Waals surface area (Å²) in [7, 11) is 0. The van der Waals surface area contributed by atoms with Gasteiger partial charge in [0.05, 0.1) is 24.0 Å². The second-order valence-electron chi connectivity index (χ2n) is 14.3. The van der Waals surface area contributed by atoms with Crippen molar-refractivity contribution in [2.75, 3.05) is 26.2 Å². The minimum absolute atomic E-state index is 0.00348. The molecule has 0 radical (unpaired) electrons. The van der Waals surface area contributed by atoms with Gasteiger partial charge in [-0.25, -0.2) is 0 Å². The molecule has 4 rings (SSSR count). The Morgan fingerprint density at radius 2 is 1.71 bits per heavy atom. The van der Waals surface area contributed by atoms with E-state index >= 15 is 0 Å². The summed E-state index contributed by atoms with van der Waals surface area (Å²) in [6.45, 7) is 20.9. The highest BCUT2D eigenvalue weighted by Crippen LogP contribution is 2.63. The van der Waals surface area contributed by atoms with Gasteiger partial charge in [-0.05, 0) is 51.0 Å². The summed E-state index contributed by atoms with van der Waals surface area (Å²) in [5.41, 5.74) is -1.66. The van der Waals surface area contributed by atoms with Crippen LogP contribution >= 0.6 is 0 Å². The van der Waals surface area contributed by atoms with Gasteiger partial charge in [-0.1, -0.05) is 63.3 Å². The zero-order valence-electron chi connectivity index (χ0n) is 26.3. The van der Waals surface area contributed by atoms with Crippen molar-refractivity contribution in [3.63, 3.8) is 0 Å². The van der Waals surface area contributed by atoms with E-state index in [-0.39, 0.29) is 36.3 Å². The number of fused-ring (bicyclic) bond motifs is 1. The van der Waals surface area contributed by atoms with Crippen molar-refractivity contribution < 1.29 is 24.2 Å². The van der Waals surface area contributed by atoms with Crippen molar-refractivity contribution >= 4 is 17.7 Å². The molecule has 3 heterocycles. The largest absolute Gasteiger partial charge is 0.395 e. The topological polar surface area (TPSA) is 90.4 Å². The third-order valence-corrected chi connectivity index (χ3v) is 9.27. The van der Waals surface area contributed by atoms with E-state index in [1.54, 1.807) is 22.0 Å². The number of nitrogens with zero attached hydrogens (tertiary/aromatic N) is 3. The van der Waals surface area contributed by atoms with Crippen LogP contribution < -0.4 is 0 Å². The number of aliphatic hydroxyl groups excluding tert-OH is 1. The Balaban J connectivity index is 1.76. The van der Waals surface area contributed by atoms with Gasteiger partial charge >= 0.3 is 0 Å². The second kappa shape index (κ2) is 11.6. The van der Waals surface area contributed by atoms with E-state index in [4.69, 9.17) is 4.74 Å². The van der Waals surface area contributed by atoms with Crippen LogP contribution in [0.4, 0.5) is 0 Å². The fraction of sp³-hybridized carbons (Fsp3) is 0.618. The van der Waals surface area contributed by atoms with E-state index in [0.29, 0.717) is 32.5 Å². The lowest BCUT2D eigenvalue weighted by Crippen LogP contribution is -2.61. The Bertz CT molecular complexity index is 1210. The van der Waals surface area contributed by atoms with Crippen LogP contribution in [0.3, 0.4) is 0 Å². The van der Waals surface area contributed by atoms with Gasteiger partial charge in [-0.3, -0.25) is 14.4 Å². The van der Waals surface area contributed by atoms with Crippen molar-refractivity contribution in [3.05, 3.63) is 61.2 Å². The van der Waals surface area contributed by atoms with Gasteiger partial charge in [0, 0.05) is 31.7 Å². The van der Waals surface area contributed by atoms with Gasteiger partial charge in [0.2, 0.25) is 17.7 Å². The standard InChI is InChI=1S/C34H49N3O5/c1-9-18-35(22-24-14-12-11-13-15-24)28(39)25-26-29(40)36(20-21-38)27(34(26)17-16-33(25,8)42-34)30(41)37(19-10-2)32(6,7)23-31(3,4)5/h9-15,25-27,38H,1-2,16-23H2,3-8H3/t25-,26+,27?,33+,34?/m1/s1. The predicted octanol–water partition coefficient (Wildman–Crippen LogP) is 4.19. The lowest BCUT2D eigenvalue weighted by Gasteiger charge is -2.45. The Labute approximate surface area is 251 Å². The Morgan fingerprint density at radius 1 is 1.07 bits per heavy atom. The molecule has 8 heteroatoms. The molecule has 0 aliphatic carbocycles. The maximum absolute atomic E-state index is 14.7. The highest BCUT2D eigenvalue weighted by atomic mass is 16.5. The Hall–Kier alpha value is -2.97. The van der Waals surface area contributed by atoms with Crippen LogP contribution in [0.2, 0.25) is 0 Å². The zero-order valence-corrected chi connectivity index (χ0v) is 26.3. The number of carbonyl (C=O) groups is 3. The summed E-state index contributed by atoms with van der Waals surface area (Å²) < 4.78 is 6.82. The molecule has 1 aromatic rings. The molecular weight excluding hydrogens is 530 g/mol. The van der Waals surface area contributed by atoms with Crippen LogP contribution in [0.1, 0.15) is 66.4 Å². The number of rotatable bonds is 12. The molecule has 1 spiro atoms.